The minimum Gasteiger partial charge on any atom is -0.296 e. The van der Waals surface area contributed by atoms with Crippen molar-refractivity contribution in [3.05, 3.63) is 35.4 Å². The number of rotatable bonds is 3. The lowest BCUT2D eigenvalue weighted by Crippen LogP contribution is -2.32. The number of aryl methyl sites for hydroxylation is 1. The summed E-state index contributed by atoms with van der Waals surface area (Å²) in [6, 6.07) is 7.90. The molecule has 1 aromatic carbocycles. The zero-order chi connectivity index (χ0) is 12.8. The predicted molar refractivity (Wildman–Crippen MR) is 75.0 cm³/mol. The molecule has 1 saturated heterocycles. The van der Waals surface area contributed by atoms with Gasteiger partial charge in [0.25, 0.3) is 0 Å². The van der Waals surface area contributed by atoms with Gasteiger partial charge in [-0.3, -0.25) is 9.69 Å². The Kier molecular flexibility index (Phi) is 4.94. The second-order valence-corrected chi connectivity index (χ2v) is 5.28. The zero-order valence-corrected chi connectivity index (χ0v) is 11.3. The summed E-state index contributed by atoms with van der Waals surface area (Å²) in [6.45, 7) is 4.76. The van der Waals surface area contributed by atoms with Crippen molar-refractivity contribution >= 4 is 5.78 Å². The predicted octanol–water partition coefficient (Wildman–Crippen LogP) is 3.44. The highest BCUT2D eigenvalue weighted by molar-refractivity contribution is 5.98. The van der Waals surface area contributed by atoms with Gasteiger partial charge in [0.05, 0.1) is 6.54 Å². The summed E-state index contributed by atoms with van der Waals surface area (Å²) in [4.78, 5) is 14.6. The van der Waals surface area contributed by atoms with Gasteiger partial charge in [0, 0.05) is 5.56 Å². The average Bonchev–Trinajstić information content (AvgIpc) is 2.33. The fourth-order valence-corrected chi connectivity index (χ4v) is 2.65. The van der Waals surface area contributed by atoms with Gasteiger partial charge < -0.3 is 0 Å². The van der Waals surface area contributed by atoms with E-state index in [4.69, 9.17) is 0 Å². The topological polar surface area (TPSA) is 20.3 Å². The Morgan fingerprint density at radius 3 is 2.33 bits per heavy atom. The van der Waals surface area contributed by atoms with Gasteiger partial charge in [-0.15, -0.1) is 0 Å². The number of hydrogen-bond donors (Lipinski definition) is 0. The van der Waals surface area contributed by atoms with E-state index >= 15 is 0 Å². The highest BCUT2D eigenvalue weighted by Crippen LogP contribution is 2.13. The third kappa shape index (κ3) is 3.67. The molecule has 0 aromatic heterocycles. The van der Waals surface area contributed by atoms with Crippen LogP contribution in [0.3, 0.4) is 0 Å². The molecule has 1 heterocycles. The van der Waals surface area contributed by atoms with E-state index in [1.807, 2.05) is 31.2 Å². The smallest absolute Gasteiger partial charge is 0.177 e. The van der Waals surface area contributed by atoms with E-state index in [-0.39, 0.29) is 5.78 Å². The van der Waals surface area contributed by atoms with Gasteiger partial charge in [0.15, 0.2) is 5.78 Å². The number of benzene rings is 1. The highest BCUT2D eigenvalue weighted by Gasteiger charge is 2.14. The van der Waals surface area contributed by atoms with Crippen LogP contribution in [0.4, 0.5) is 0 Å². The molecule has 0 spiro atoms. The van der Waals surface area contributed by atoms with Crippen molar-refractivity contribution in [3.63, 3.8) is 0 Å². The molecular formula is C16H23NO. The van der Waals surface area contributed by atoms with Crippen molar-refractivity contribution in [2.75, 3.05) is 19.6 Å². The van der Waals surface area contributed by atoms with E-state index in [1.54, 1.807) is 0 Å². The molecular weight excluding hydrogens is 222 g/mol. The maximum absolute atomic E-state index is 12.3. The van der Waals surface area contributed by atoms with Gasteiger partial charge in [-0.25, -0.2) is 0 Å². The molecule has 0 saturated carbocycles. The molecule has 1 aliphatic rings. The van der Waals surface area contributed by atoms with Gasteiger partial charge in [0.1, 0.15) is 0 Å². The molecule has 1 fully saturated rings. The first kappa shape index (κ1) is 13.3. The Hall–Kier alpha value is -1.15. The fourth-order valence-electron chi connectivity index (χ4n) is 2.65. The summed E-state index contributed by atoms with van der Waals surface area (Å²) in [5, 5.41) is 0. The van der Waals surface area contributed by atoms with Crippen molar-refractivity contribution < 1.29 is 4.79 Å². The molecule has 98 valence electrons. The number of ketones is 1. The second-order valence-electron chi connectivity index (χ2n) is 5.28. The number of likely N-dealkylation sites (tertiary alicyclic amines) is 1. The zero-order valence-electron chi connectivity index (χ0n) is 11.3. The van der Waals surface area contributed by atoms with Crippen molar-refractivity contribution in [2.45, 2.75) is 39.0 Å². The molecule has 18 heavy (non-hydrogen) atoms. The SMILES string of the molecule is Cc1ccccc1C(=O)CN1CCCCCCC1. The lowest BCUT2D eigenvalue weighted by molar-refractivity contribution is 0.0923. The molecule has 2 rings (SSSR count). The van der Waals surface area contributed by atoms with Crippen LogP contribution in [-0.2, 0) is 0 Å². The van der Waals surface area contributed by atoms with E-state index in [1.165, 1.54) is 32.1 Å². The minimum absolute atomic E-state index is 0.272. The molecule has 0 N–H and O–H groups in total. The van der Waals surface area contributed by atoms with Crippen LogP contribution in [0.2, 0.25) is 0 Å². The average molecular weight is 245 g/mol. The number of Topliss-reactive ketones (excluding diaryl/α,β-unsaturated/α-hetero) is 1. The summed E-state index contributed by atoms with van der Waals surface area (Å²) >= 11 is 0. The first-order valence-electron chi connectivity index (χ1n) is 7.08. The number of nitrogens with zero attached hydrogens (tertiary/aromatic N) is 1. The lowest BCUT2D eigenvalue weighted by Gasteiger charge is -2.23. The van der Waals surface area contributed by atoms with Crippen LogP contribution in [0.1, 0.15) is 48.0 Å². The third-order valence-electron chi connectivity index (χ3n) is 3.76. The minimum atomic E-state index is 0.272. The monoisotopic (exact) mass is 245 g/mol. The molecule has 1 aliphatic heterocycles. The Morgan fingerprint density at radius 1 is 1.06 bits per heavy atom. The van der Waals surface area contributed by atoms with Crippen LogP contribution >= 0.6 is 0 Å². The molecule has 0 atom stereocenters. The molecule has 0 aliphatic carbocycles. The summed E-state index contributed by atoms with van der Waals surface area (Å²) in [5.41, 5.74) is 1.98. The Morgan fingerprint density at radius 2 is 1.67 bits per heavy atom. The van der Waals surface area contributed by atoms with Crippen LogP contribution in [0.25, 0.3) is 0 Å². The molecule has 0 bridgehead atoms. The number of carbonyl (C=O) groups is 1. The number of carbonyl (C=O) groups excluding carboxylic acids is 1. The quantitative estimate of drug-likeness (QED) is 0.760. The maximum atomic E-state index is 12.3. The van der Waals surface area contributed by atoms with Gasteiger partial charge >= 0.3 is 0 Å². The van der Waals surface area contributed by atoms with E-state index < -0.39 is 0 Å². The number of hydrogen-bond acceptors (Lipinski definition) is 2. The first-order valence-corrected chi connectivity index (χ1v) is 7.08. The van der Waals surface area contributed by atoms with Crippen LogP contribution < -0.4 is 0 Å². The van der Waals surface area contributed by atoms with Gasteiger partial charge in [0.2, 0.25) is 0 Å². The normalized spacial score (nSPS) is 18.1. The Bertz CT molecular complexity index is 392. The molecule has 1 aromatic rings. The fraction of sp³-hybridized carbons (Fsp3) is 0.562. The van der Waals surface area contributed by atoms with Crippen LogP contribution in [-0.4, -0.2) is 30.3 Å². The van der Waals surface area contributed by atoms with E-state index in [0.717, 1.165) is 24.2 Å². The molecule has 0 amide bonds. The first-order chi connectivity index (χ1) is 8.77. The van der Waals surface area contributed by atoms with Crippen LogP contribution in [0, 0.1) is 6.92 Å². The van der Waals surface area contributed by atoms with Crippen molar-refractivity contribution in [2.24, 2.45) is 0 Å². The van der Waals surface area contributed by atoms with E-state index in [9.17, 15) is 4.79 Å². The standard InChI is InChI=1S/C16H23NO/c1-14-9-5-6-10-15(14)16(18)13-17-11-7-3-2-4-8-12-17/h5-6,9-10H,2-4,7-8,11-13H2,1H3. The second kappa shape index (κ2) is 6.69. The molecule has 0 radical (unpaired) electrons. The largest absolute Gasteiger partial charge is 0.296 e. The maximum Gasteiger partial charge on any atom is 0.177 e. The van der Waals surface area contributed by atoms with Crippen LogP contribution in [0.5, 0.6) is 0 Å². The van der Waals surface area contributed by atoms with Gasteiger partial charge in [-0.1, -0.05) is 43.5 Å². The van der Waals surface area contributed by atoms with Crippen molar-refractivity contribution in [1.29, 1.82) is 0 Å². The van der Waals surface area contributed by atoms with Crippen molar-refractivity contribution in [3.8, 4) is 0 Å². The molecule has 0 unspecified atom stereocenters. The summed E-state index contributed by atoms with van der Waals surface area (Å²) in [6.07, 6.45) is 6.46. The summed E-state index contributed by atoms with van der Waals surface area (Å²) < 4.78 is 0. The van der Waals surface area contributed by atoms with E-state index in [0.29, 0.717) is 6.54 Å². The summed E-state index contributed by atoms with van der Waals surface area (Å²) in [7, 11) is 0. The van der Waals surface area contributed by atoms with E-state index in [2.05, 4.69) is 4.90 Å². The lowest BCUT2D eigenvalue weighted by atomic mass is 10.0. The Labute approximate surface area is 110 Å². The van der Waals surface area contributed by atoms with Crippen LogP contribution in [0.15, 0.2) is 24.3 Å². The molecule has 2 heteroatoms. The summed E-state index contributed by atoms with van der Waals surface area (Å²) in [5.74, 6) is 0.272. The van der Waals surface area contributed by atoms with Gasteiger partial charge in [-0.2, -0.15) is 0 Å². The highest BCUT2D eigenvalue weighted by atomic mass is 16.1. The molecule has 2 nitrogen and oxygen atoms in total. The third-order valence-corrected chi connectivity index (χ3v) is 3.76. The Balaban J connectivity index is 1.95. The van der Waals surface area contributed by atoms with Gasteiger partial charge in [-0.05, 0) is 38.4 Å². The van der Waals surface area contributed by atoms with Crippen molar-refractivity contribution in [1.82, 2.24) is 4.90 Å².